The Bertz CT molecular complexity index is 699. The van der Waals surface area contributed by atoms with Crippen molar-refractivity contribution in [1.82, 2.24) is 15.1 Å². The van der Waals surface area contributed by atoms with Gasteiger partial charge in [-0.05, 0) is 31.7 Å². The van der Waals surface area contributed by atoms with Crippen molar-refractivity contribution >= 4 is 0 Å². The zero-order chi connectivity index (χ0) is 14.7. The Morgan fingerprint density at radius 3 is 2.33 bits per heavy atom. The summed E-state index contributed by atoms with van der Waals surface area (Å²) in [6.45, 7) is 2.10. The van der Waals surface area contributed by atoms with E-state index in [0.29, 0.717) is 0 Å². The third-order valence-corrected chi connectivity index (χ3v) is 3.66. The van der Waals surface area contributed by atoms with Crippen molar-refractivity contribution < 1.29 is 0 Å². The van der Waals surface area contributed by atoms with Gasteiger partial charge in [0.15, 0.2) is 0 Å². The summed E-state index contributed by atoms with van der Waals surface area (Å²) in [6, 6.07) is 18.9. The largest absolute Gasteiger partial charge is 0.309 e. The van der Waals surface area contributed by atoms with Gasteiger partial charge in [0.25, 0.3) is 0 Å². The maximum Gasteiger partial charge on any atom is 0.0645 e. The summed E-state index contributed by atoms with van der Waals surface area (Å²) in [5.41, 5.74) is 4.75. The van der Waals surface area contributed by atoms with Crippen LogP contribution >= 0.6 is 0 Å². The second kappa shape index (κ2) is 5.94. The van der Waals surface area contributed by atoms with Gasteiger partial charge in [0, 0.05) is 11.8 Å². The van der Waals surface area contributed by atoms with Crippen LogP contribution < -0.4 is 5.32 Å². The summed E-state index contributed by atoms with van der Waals surface area (Å²) < 4.78 is 1.91. The molecular weight excluding hydrogens is 258 g/mol. The highest BCUT2D eigenvalue weighted by atomic mass is 15.3. The van der Waals surface area contributed by atoms with Crippen molar-refractivity contribution in [1.29, 1.82) is 0 Å². The average molecular weight is 277 g/mol. The van der Waals surface area contributed by atoms with Crippen molar-refractivity contribution in [2.75, 3.05) is 7.05 Å². The molecule has 1 heterocycles. The molecule has 0 aliphatic heterocycles. The van der Waals surface area contributed by atoms with Crippen molar-refractivity contribution in [2.24, 2.45) is 0 Å². The number of rotatable bonds is 4. The summed E-state index contributed by atoms with van der Waals surface area (Å²) in [5, 5.41) is 7.84. The second-order valence-corrected chi connectivity index (χ2v) is 5.19. The lowest BCUT2D eigenvalue weighted by Crippen LogP contribution is -2.17. The van der Waals surface area contributed by atoms with Gasteiger partial charge in [-0.1, -0.05) is 48.0 Å². The molecule has 106 valence electrons. The Morgan fingerprint density at radius 2 is 1.67 bits per heavy atom. The molecule has 0 bridgehead atoms. The van der Waals surface area contributed by atoms with E-state index in [1.807, 2.05) is 36.1 Å². The quantitative estimate of drug-likeness (QED) is 0.791. The Balaban J connectivity index is 1.92. The van der Waals surface area contributed by atoms with E-state index in [1.54, 1.807) is 0 Å². The van der Waals surface area contributed by atoms with E-state index in [-0.39, 0.29) is 6.04 Å². The molecule has 1 aromatic heterocycles. The van der Waals surface area contributed by atoms with Gasteiger partial charge < -0.3 is 5.32 Å². The predicted molar refractivity (Wildman–Crippen MR) is 85.6 cm³/mol. The van der Waals surface area contributed by atoms with Crippen LogP contribution in [0.4, 0.5) is 0 Å². The summed E-state index contributed by atoms with van der Waals surface area (Å²) in [7, 11) is 1.98. The summed E-state index contributed by atoms with van der Waals surface area (Å²) in [5.74, 6) is 0. The van der Waals surface area contributed by atoms with Crippen LogP contribution in [0, 0.1) is 6.92 Å². The standard InChI is InChI=1S/C18H19N3/c1-14-8-10-15(11-9-14)18(19-2)16-12-20-21(13-16)17-6-4-3-5-7-17/h3-13,18-19H,1-2H3. The molecule has 0 aliphatic rings. The highest BCUT2D eigenvalue weighted by molar-refractivity contribution is 5.35. The van der Waals surface area contributed by atoms with E-state index >= 15 is 0 Å². The van der Waals surface area contributed by atoms with Crippen LogP contribution in [0.2, 0.25) is 0 Å². The van der Waals surface area contributed by atoms with Gasteiger partial charge in [-0.2, -0.15) is 5.10 Å². The molecule has 1 unspecified atom stereocenters. The number of benzene rings is 2. The molecular formula is C18H19N3. The van der Waals surface area contributed by atoms with E-state index in [2.05, 4.69) is 59.9 Å². The summed E-state index contributed by atoms with van der Waals surface area (Å²) >= 11 is 0. The molecule has 3 rings (SSSR count). The number of nitrogens with one attached hydrogen (secondary N) is 1. The van der Waals surface area contributed by atoms with Gasteiger partial charge in [-0.3, -0.25) is 0 Å². The number of hydrogen-bond donors (Lipinski definition) is 1. The van der Waals surface area contributed by atoms with Gasteiger partial charge in [0.2, 0.25) is 0 Å². The van der Waals surface area contributed by atoms with Gasteiger partial charge >= 0.3 is 0 Å². The zero-order valence-electron chi connectivity index (χ0n) is 12.3. The van der Waals surface area contributed by atoms with E-state index < -0.39 is 0 Å². The Morgan fingerprint density at radius 1 is 0.952 bits per heavy atom. The zero-order valence-corrected chi connectivity index (χ0v) is 12.3. The van der Waals surface area contributed by atoms with Gasteiger partial charge in [-0.15, -0.1) is 0 Å². The second-order valence-electron chi connectivity index (χ2n) is 5.19. The van der Waals surface area contributed by atoms with Crippen LogP contribution in [-0.2, 0) is 0 Å². The molecule has 0 amide bonds. The topological polar surface area (TPSA) is 29.9 Å². The van der Waals surface area contributed by atoms with Crippen molar-refractivity contribution in [3.8, 4) is 5.69 Å². The monoisotopic (exact) mass is 277 g/mol. The first-order valence-corrected chi connectivity index (χ1v) is 7.12. The van der Waals surface area contributed by atoms with Crippen LogP contribution in [0.3, 0.4) is 0 Å². The molecule has 1 atom stereocenters. The highest BCUT2D eigenvalue weighted by Gasteiger charge is 2.14. The molecule has 1 N–H and O–H groups in total. The first-order valence-electron chi connectivity index (χ1n) is 7.12. The number of hydrogen-bond acceptors (Lipinski definition) is 2. The predicted octanol–water partition coefficient (Wildman–Crippen LogP) is 3.49. The third kappa shape index (κ3) is 2.88. The lowest BCUT2D eigenvalue weighted by molar-refractivity contribution is 0.691. The van der Waals surface area contributed by atoms with Crippen LogP contribution in [0.1, 0.15) is 22.7 Å². The first-order chi connectivity index (χ1) is 10.3. The molecule has 3 nitrogen and oxygen atoms in total. The van der Waals surface area contributed by atoms with Gasteiger partial charge in [-0.25, -0.2) is 4.68 Å². The maximum absolute atomic E-state index is 4.48. The van der Waals surface area contributed by atoms with E-state index in [9.17, 15) is 0 Å². The fourth-order valence-electron chi connectivity index (χ4n) is 2.49. The number of nitrogens with zero attached hydrogens (tertiary/aromatic N) is 2. The van der Waals surface area contributed by atoms with Crippen LogP contribution in [0.5, 0.6) is 0 Å². The van der Waals surface area contributed by atoms with Crippen molar-refractivity contribution in [3.05, 3.63) is 83.7 Å². The molecule has 0 spiro atoms. The molecule has 0 saturated carbocycles. The van der Waals surface area contributed by atoms with Crippen LogP contribution in [-0.4, -0.2) is 16.8 Å². The molecule has 0 radical (unpaired) electrons. The Labute approximate surface area is 125 Å². The van der Waals surface area contributed by atoms with Crippen LogP contribution in [0.15, 0.2) is 67.0 Å². The SMILES string of the molecule is CNC(c1ccc(C)cc1)c1cnn(-c2ccccc2)c1. The maximum atomic E-state index is 4.48. The number of para-hydroxylation sites is 1. The van der Waals surface area contributed by atoms with Crippen LogP contribution in [0.25, 0.3) is 5.69 Å². The smallest absolute Gasteiger partial charge is 0.0645 e. The van der Waals surface area contributed by atoms with Gasteiger partial charge in [0.05, 0.1) is 17.9 Å². The Hall–Kier alpha value is -2.39. The minimum Gasteiger partial charge on any atom is -0.309 e. The first kappa shape index (κ1) is 13.6. The molecule has 0 aliphatic carbocycles. The fraction of sp³-hybridized carbons (Fsp3) is 0.167. The number of aromatic nitrogens is 2. The van der Waals surface area contributed by atoms with E-state index in [1.165, 1.54) is 11.1 Å². The van der Waals surface area contributed by atoms with Gasteiger partial charge in [0.1, 0.15) is 0 Å². The van der Waals surface area contributed by atoms with Crippen molar-refractivity contribution in [2.45, 2.75) is 13.0 Å². The highest BCUT2D eigenvalue weighted by Crippen LogP contribution is 2.22. The molecule has 0 fully saturated rings. The molecule has 2 aromatic carbocycles. The minimum absolute atomic E-state index is 0.156. The Kier molecular flexibility index (Phi) is 3.84. The molecule has 21 heavy (non-hydrogen) atoms. The summed E-state index contributed by atoms with van der Waals surface area (Å²) in [4.78, 5) is 0. The number of aryl methyl sites for hydroxylation is 1. The van der Waals surface area contributed by atoms with E-state index in [0.717, 1.165) is 11.3 Å². The molecule has 3 aromatic rings. The minimum atomic E-state index is 0.156. The molecule has 3 heteroatoms. The van der Waals surface area contributed by atoms with Crippen molar-refractivity contribution in [3.63, 3.8) is 0 Å². The lowest BCUT2D eigenvalue weighted by Gasteiger charge is -2.15. The average Bonchev–Trinajstić information content (AvgIpc) is 3.00. The third-order valence-electron chi connectivity index (χ3n) is 3.66. The normalized spacial score (nSPS) is 12.3. The summed E-state index contributed by atoms with van der Waals surface area (Å²) in [6.07, 6.45) is 4.00. The molecule has 0 saturated heterocycles. The lowest BCUT2D eigenvalue weighted by atomic mass is 10.0. The van der Waals surface area contributed by atoms with E-state index in [4.69, 9.17) is 0 Å². The fourth-order valence-corrected chi connectivity index (χ4v) is 2.49.